The Balaban J connectivity index is 2.38. The fourth-order valence-electron chi connectivity index (χ4n) is 2.32. The minimum Gasteiger partial charge on any atom is -0.389 e. The first-order valence-electron chi connectivity index (χ1n) is 6.37. The number of rotatable bonds is 2. The summed E-state index contributed by atoms with van der Waals surface area (Å²) in [5.74, 6) is -0.00517. The van der Waals surface area contributed by atoms with Crippen molar-refractivity contribution in [3.63, 3.8) is 0 Å². The van der Waals surface area contributed by atoms with Crippen LogP contribution < -0.4 is 10.2 Å². The topological polar surface area (TPSA) is 52.6 Å². The first-order valence-corrected chi connectivity index (χ1v) is 6.75. The van der Waals surface area contributed by atoms with Crippen LogP contribution in [0.5, 0.6) is 0 Å². The summed E-state index contributed by atoms with van der Waals surface area (Å²) in [5.41, 5.74) is 0.966. The van der Waals surface area contributed by atoms with Gasteiger partial charge in [0.2, 0.25) is 5.91 Å². The minimum absolute atomic E-state index is 0.00517. The molecule has 0 saturated carbocycles. The van der Waals surface area contributed by atoms with E-state index in [-0.39, 0.29) is 5.91 Å². The van der Waals surface area contributed by atoms with E-state index in [9.17, 15) is 9.90 Å². The highest BCUT2D eigenvalue weighted by Gasteiger charge is 2.38. The number of aliphatic hydroxyl groups is 1. The van der Waals surface area contributed by atoms with Crippen LogP contribution in [0.25, 0.3) is 0 Å². The van der Waals surface area contributed by atoms with Crippen molar-refractivity contribution >= 4 is 23.2 Å². The lowest BCUT2D eigenvalue weighted by molar-refractivity contribution is -0.126. The van der Waals surface area contributed by atoms with Gasteiger partial charge < -0.3 is 15.3 Å². The lowest BCUT2D eigenvalue weighted by Crippen LogP contribution is -2.62. The van der Waals surface area contributed by atoms with Crippen LogP contribution in [0.3, 0.4) is 0 Å². The van der Waals surface area contributed by atoms with Gasteiger partial charge in [0.25, 0.3) is 0 Å². The number of hydrogen-bond acceptors (Lipinski definition) is 3. The second kappa shape index (κ2) is 5.02. The molecule has 0 aromatic heterocycles. The molecule has 1 heterocycles. The zero-order valence-electron chi connectivity index (χ0n) is 11.4. The Morgan fingerprint density at radius 3 is 2.74 bits per heavy atom. The molecule has 0 spiro atoms. The van der Waals surface area contributed by atoms with E-state index < -0.39 is 11.6 Å². The van der Waals surface area contributed by atoms with Crippen molar-refractivity contribution in [2.75, 3.05) is 18.0 Å². The number of aliphatic hydroxyl groups excluding tert-OH is 1. The van der Waals surface area contributed by atoms with Crippen molar-refractivity contribution in [1.82, 2.24) is 5.32 Å². The Labute approximate surface area is 118 Å². The van der Waals surface area contributed by atoms with E-state index in [0.717, 1.165) is 11.3 Å². The minimum atomic E-state index is -0.631. The molecule has 1 amide bonds. The maximum atomic E-state index is 12.0. The molecule has 1 aliphatic heterocycles. The molecule has 4 nitrogen and oxygen atoms in total. The number of carbonyl (C=O) groups excluding carboxylic acids is 1. The molecule has 0 radical (unpaired) electrons. The van der Waals surface area contributed by atoms with Crippen LogP contribution in [0.15, 0.2) is 18.2 Å². The lowest BCUT2D eigenvalue weighted by Gasteiger charge is -2.43. The molecule has 1 aromatic rings. The number of carbonyl (C=O) groups is 1. The number of hydrogen-bond donors (Lipinski definition) is 2. The maximum Gasteiger partial charge on any atom is 0.245 e. The zero-order valence-corrected chi connectivity index (χ0v) is 12.2. The summed E-state index contributed by atoms with van der Waals surface area (Å²) in [6.45, 7) is 6.77. The maximum absolute atomic E-state index is 12.0. The van der Waals surface area contributed by atoms with Gasteiger partial charge >= 0.3 is 0 Å². The van der Waals surface area contributed by atoms with Crippen LogP contribution in [0.2, 0.25) is 5.02 Å². The standard InChI is InChI=1S/C14H19ClN2O2/c1-9(18)10-4-5-12(11(15)8-10)17-7-6-16-13(19)14(17,2)3/h4-5,8-9,18H,6-7H2,1-3H3,(H,16,19)/t9-/m0/s1. The van der Waals surface area contributed by atoms with Gasteiger partial charge in [-0.05, 0) is 38.5 Å². The van der Waals surface area contributed by atoms with Gasteiger partial charge in [0.1, 0.15) is 5.54 Å². The Morgan fingerprint density at radius 1 is 1.47 bits per heavy atom. The molecule has 2 N–H and O–H groups in total. The molecule has 0 bridgehead atoms. The van der Waals surface area contributed by atoms with Crippen LogP contribution in [0.4, 0.5) is 5.69 Å². The first kappa shape index (κ1) is 14.2. The second-order valence-electron chi connectivity index (χ2n) is 5.35. The average Bonchev–Trinajstić information content (AvgIpc) is 2.33. The fourth-order valence-corrected chi connectivity index (χ4v) is 2.61. The third kappa shape index (κ3) is 2.55. The quantitative estimate of drug-likeness (QED) is 0.873. The summed E-state index contributed by atoms with van der Waals surface area (Å²) in [6.07, 6.45) is -0.552. The Kier molecular flexibility index (Phi) is 3.74. The molecular weight excluding hydrogens is 264 g/mol. The van der Waals surface area contributed by atoms with Gasteiger partial charge in [-0.2, -0.15) is 0 Å². The highest BCUT2D eigenvalue weighted by molar-refractivity contribution is 6.33. The number of anilines is 1. The molecular formula is C14H19ClN2O2. The number of amides is 1. The van der Waals surface area contributed by atoms with Gasteiger partial charge in [0.15, 0.2) is 0 Å². The van der Waals surface area contributed by atoms with E-state index in [2.05, 4.69) is 5.32 Å². The van der Waals surface area contributed by atoms with E-state index in [1.165, 1.54) is 0 Å². The van der Waals surface area contributed by atoms with Crippen molar-refractivity contribution in [2.24, 2.45) is 0 Å². The van der Waals surface area contributed by atoms with Crippen LogP contribution in [-0.4, -0.2) is 29.6 Å². The number of halogens is 1. The van der Waals surface area contributed by atoms with Gasteiger partial charge in [-0.25, -0.2) is 0 Å². The van der Waals surface area contributed by atoms with E-state index in [4.69, 9.17) is 11.6 Å². The highest BCUT2D eigenvalue weighted by atomic mass is 35.5. The number of benzene rings is 1. The molecule has 1 atom stereocenters. The predicted octanol–water partition coefficient (Wildman–Crippen LogP) is 2.11. The molecule has 19 heavy (non-hydrogen) atoms. The lowest BCUT2D eigenvalue weighted by atomic mass is 9.97. The van der Waals surface area contributed by atoms with E-state index >= 15 is 0 Å². The van der Waals surface area contributed by atoms with Crippen molar-refractivity contribution in [2.45, 2.75) is 32.4 Å². The number of nitrogens with one attached hydrogen (secondary N) is 1. The second-order valence-corrected chi connectivity index (χ2v) is 5.76. The zero-order chi connectivity index (χ0) is 14.2. The third-order valence-corrected chi connectivity index (χ3v) is 3.90. The van der Waals surface area contributed by atoms with E-state index in [1.807, 2.05) is 30.9 Å². The average molecular weight is 283 g/mol. The van der Waals surface area contributed by atoms with Crippen LogP contribution >= 0.6 is 11.6 Å². The molecule has 1 aromatic carbocycles. The van der Waals surface area contributed by atoms with E-state index in [1.54, 1.807) is 13.0 Å². The summed E-state index contributed by atoms with van der Waals surface area (Å²) in [7, 11) is 0. The number of nitrogens with zero attached hydrogens (tertiary/aromatic N) is 1. The van der Waals surface area contributed by atoms with Gasteiger partial charge in [0.05, 0.1) is 16.8 Å². The summed E-state index contributed by atoms with van der Waals surface area (Å²) < 4.78 is 0. The first-order chi connectivity index (χ1) is 8.84. The SMILES string of the molecule is C[C@H](O)c1ccc(N2CCNC(=O)C2(C)C)c(Cl)c1. The highest BCUT2D eigenvalue weighted by Crippen LogP contribution is 2.34. The summed E-state index contributed by atoms with van der Waals surface area (Å²) in [5, 5.41) is 13.0. The summed E-state index contributed by atoms with van der Waals surface area (Å²) in [6, 6.07) is 5.46. The Hall–Kier alpha value is -1.26. The fraction of sp³-hybridized carbons (Fsp3) is 0.500. The number of piperazine rings is 1. The van der Waals surface area contributed by atoms with Gasteiger partial charge in [-0.1, -0.05) is 17.7 Å². The normalized spacial score (nSPS) is 20.1. The summed E-state index contributed by atoms with van der Waals surface area (Å²) in [4.78, 5) is 14.0. The van der Waals surface area contributed by atoms with Gasteiger partial charge in [-0.3, -0.25) is 4.79 Å². The molecule has 0 aliphatic carbocycles. The molecule has 1 fully saturated rings. The summed E-state index contributed by atoms with van der Waals surface area (Å²) >= 11 is 6.30. The molecule has 104 valence electrons. The molecule has 5 heteroatoms. The monoisotopic (exact) mass is 282 g/mol. The third-order valence-electron chi connectivity index (χ3n) is 3.60. The van der Waals surface area contributed by atoms with Crippen LogP contribution in [0, 0.1) is 0 Å². The predicted molar refractivity (Wildman–Crippen MR) is 76.5 cm³/mol. The van der Waals surface area contributed by atoms with Gasteiger partial charge in [0, 0.05) is 13.1 Å². The van der Waals surface area contributed by atoms with Crippen molar-refractivity contribution in [1.29, 1.82) is 0 Å². The van der Waals surface area contributed by atoms with E-state index in [0.29, 0.717) is 18.1 Å². The van der Waals surface area contributed by atoms with Crippen molar-refractivity contribution in [3.8, 4) is 0 Å². The van der Waals surface area contributed by atoms with Crippen LogP contribution in [0.1, 0.15) is 32.4 Å². The smallest absolute Gasteiger partial charge is 0.245 e. The molecule has 1 aliphatic rings. The largest absolute Gasteiger partial charge is 0.389 e. The van der Waals surface area contributed by atoms with Crippen molar-refractivity contribution in [3.05, 3.63) is 28.8 Å². The Morgan fingerprint density at radius 2 is 2.16 bits per heavy atom. The Bertz CT molecular complexity index is 500. The van der Waals surface area contributed by atoms with Gasteiger partial charge in [-0.15, -0.1) is 0 Å². The van der Waals surface area contributed by atoms with Crippen LogP contribution in [-0.2, 0) is 4.79 Å². The molecule has 0 unspecified atom stereocenters. The molecule has 2 rings (SSSR count). The van der Waals surface area contributed by atoms with Crippen molar-refractivity contribution < 1.29 is 9.90 Å². The molecule has 1 saturated heterocycles.